The molecule has 0 saturated heterocycles. The zero-order valence-corrected chi connectivity index (χ0v) is 18.8. The van der Waals surface area contributed by atoms with E-state index in [0.717, 1.165) is 16.9 Å². The first-order valence-electron chi connectivity index (χ1n) is 10.8. The van der Waals surface area contributed by atoms with Crippen LogP contribution in [0.2, 0.25) is 0 Å². The molecule has 1 aromatic heterocycles. The van der Waals surface area contributed by atoms with Crippen LogP contribution in [-0.2, 0) is 19.6 Å². The van der Waals surface area contributed by atoms with Crippen molar-refractivity contribution in [2.24, 2.45) is 5.92 Å². The zero-order chi connectivity index (χ0) is 22.9. The van der Waals surface area contributed by atoms with Crippen molar-refractivity contribution in [3.63, 3.8) is 0 Å². The summed E-state index contributed by atoms with van der Waals surface area (Å²) in [5.74, 6) is 1.12. The molecule has 3 rings (SSSR count). The number of hydrogen-bond donors (Lipinski definition) is 1. The molecular formula is C25H30FN3O3. The first-order valence-corrected chi connectivity index (χ1v) is 10.8. The van der Waals surface area contributed by atoms with Gasteiger partial charge in [0, 0.05) is 19.6 Å². The summed E-state index contributed by atoms with van der Waals surface area (Å²) in [5, 5.41) is 2.84. The first kappa shape index (κ1) is 23.5. The van der Waals surface area contributed by atoms with Crippen molar-refractivity contribution in [3.8, 4) is 5.75 Å². The minimum atomic E-state index is -0.267. The van der Waals surface area contributed by atoms with Crippen LogP contribution in [0.1, 0.15) is 48.3 Å². The van der Waals surface area contributed by atoms with E-state index in [9.17, 15) is 9.18 Å². The fourth-order valence-electron chi connectivity index (χ4n) is 3.20. The molecule has 2 aromatic carbocycles. The molecule has 0 bridgehead atoms. The number of ether oxygens (including phenoxy) is 1. The van der Waals surface area contributed by atoms with Crippen molar-refractivity contribution in [2.75, 3.05) is 13.2 Å². The Hall–Kier alpha value is -3.19. The minimum absolute atomic E-state index is 0.245. The second-order valence-electron chi connectivity index (χ2n) is 8.08. The molecule has 3 aromatic rings. The highest BCUT2D eigenvalue weighted by molar-refractivity contribution is 5.91. The standard InChI is InChI=1S/C25H30FN3O3/c1-4-31-22-11-7-20(8-12-22)15-29(14-19-5-9-21(26)10-6-19)16-24-28-23(17-32-24)25(30)27-13-18(2)3/h5-12,17-18H,4,13-16H2,1-3H3,(H,27,30). The fourth-order valence-corrected chi connectivity index (χ4v) is 3.20. The lowest BCUT2D eigenvalue weighted by molar-refractivity contribution is 0.0944. The number of rotatable bonds is 11. The highest BCUT2D eigenvalue weighted by atomic mass is 19.1. The molecule has 1 amide bonds. The Morgan fingerprint density at radius 2 is 1.69 bits per heavy atom. The lowest BCUT2D eigenvalue weighted by atomic mass is 10.1. The van der Waals surface area contributed by atoms with Gasteiger partial charge in [-0.1, -0.05) is 38.1 Å². The summed E-state index contributed by atoms with van der Waals surface area (Å²) in [6.45, 7) is 8.81. The quantitative estimate of drug-likeness (QED) is 0.465. The maximum absolute atomic E-state index is 13.3. The van der Waals surface area contributed by atoms with Gasteiger partial charge in [0.2, 0.25) is 5.89 Å². The van der Waals surface area contributed by atoms with Gasteiger partial charge in [0.1, 0.15) is 17.8 Å². The van der Waals surface area contributed by atoms with Crippen LogP contribution in [0.4, 0.5) is 4.39 Å². The molecular weight excluding hydrogens is 409 g/mol. The molecule has 0 fully saturated rings. The van der Waals surface area contributed by atoms with Crippen molar-refractivity contribution in [1.82, 2.24) is 15.2 Å². The van der Waals surface area contributed by atoms with E-state index in [4.69, 9.17) is 9.15 Å². The number of amides is 1. The molecule has 32 heavy (non-hydrogen) atoms. The molecule has 6 nitrogen and oxygen atoms in total. The number of nitrogens with zero attached hydrogens (tertiary/aromatic N) is 2. The second-order valence-corrected chi connectivity index (χ2v) is 8.08. The molecule has 7 heteroatoms. The van der Waals surface area contributed by atoms with Gasteiger partial charge in [-0.2, -0.15) is 0 Å². The fraction of sp³-hybridized carbons (Fsp3) is 0.360. The number of benzene rings is 2. The third kappa shape index (κ3) is 7.20. The van der Waals surface area contributed by atoms with Crippen LogP contribution in [0.25, 0.3) is 0 Å². The molecule has 0 aliphatic carbocycles. The summed E-state index contributed by atoms with van der Waals surface area (Å²) < 4.78 is 24.4. The number of carbonyl (C=O) groups is 1. The van der Waals surface area contributed by atoms with Crippen molar-refractivity contribution in [2.45, 2.75) is 40.4 Å². The predicted octanol–water partition coefficient (Wildman–Crippen LogP) is 4.80. The van der Waals surface area contributed by atoms with Crippen LogP contribution in [0.15, 0.2) is 59.2 Å². The van der Waals surface area contributed by atoms with Gasteiger partial charge >= 0.3 is 0 Å². The topological polar surface area (TPSA) is 67.6 Å². The van der Waals surface area contributed by atoms with Gasteiger partial charge in [0.25, 0.3) is 5.91 Å². The molecule has 0 atom stereocenters. The average molecular weight is 440 g/mol. The SMILES string of the molecule is CCOc1ccc(CN(Cc2ccc(F)cc2)Cc2nc(C(=O)NCC(C)C)co2)cc1. The Morgan fingerprint density at radius 1 is 1.06 bits per heavy atom. The van der Waals surface area contributed by atoms with Gasteiger partial charge in [0.15, 0.2) is 5.69 Å². The lowest BCUT2D eigenvalue weighted by Crippen LogP contribution is -2.27. The molecule has 170 valence electrons. The van der Waals surface area contributed by atoms with Crippen LogP contribution in [-0.4, -0.2) is 28.9 Å². The smallest absolute Gasteiger partial charge is 0.273 e. The monoisotopic (exact) mass is 439 g/mol. The summed E-state index contributed by atoms with van der Waals surface area (Å²) in [5.41, 5.74) is 2.33. The van der Waals surface area contributed by atoms with Crippen LogP contribution >= 0.6 is 0 Å². The zero-order valence-electron chi connectivity index (χ0n) is 18.8. The lowest BCUT2D eigenvalue weighted by Gasteiger charge is -2.21. The minimum Gasteiger partial charge on any atom is -0.494 e. The molecule has 0 aliphatic heterocycles. The third-order valence-corrected chi connectivity index (χ3v) is 4.77. The molecule has 0 spiro atoms. The summed E-state index contributed by atoms with van der Waals surface area (Å²) in [7, 11) is 0. The van der Waals surface area contributed by atoms with Gasteiger partial charge < -0.3 is 14.5 Å². The Balaban J connectivity index is 1.72. The van der Waals surface area contributed by atoms with Gasteiger partial charge in [-0.15, -0.1) is 0 Å². The van der Waals surface area contributed by atoms with Crippen molar-refractivity contribution in [1.29, 1.82) is 0 Å². The maximum atomic E-state index is 13.3. The molecule has 1 heterocycles. The van der Waals surface area contributed by atoms with E-state index in [2.05, 4.69) is 15.2 Å². The molecule has 0 saturated carbocycles. The largest absolute Gasteiger partial charge is 0.494 e. The molecule has 0 aliphatic rings. The summed E-state index contributed by atoms with van der Waals surface area (Å²) >= 11 is 0. The second kappa shape index (κ2) is 11.4. The van der Waals surface area contributed by atoms with E-state index in [1.807, 2.05) is 45.0 Å². The van der Waals surface area contributed by atoms with E-state index < -0.39 is 0 Å². The van der Waals surface area contributed by atoms with Crippen LogP contribution < -0.4 is 10.1 Å². The number of aromatic nitrogens is 1. The van der Waals surface area contributed by atoms with Gasteiger partial charge in [-0.25, -0.2) is 9.37 Å². The van der Waals surface area contributed by atoms with Crippen LogP contribution in [0.3, 0.4) is 0 Å². The molecule has 0 radical (unpaired) electrons. The molecule has 0 unspecified atom stereocenters. The van der Waals surface area contributed by atoms with E-state index in [1.165, 1.54) is 18.4 Å². The van der Waals surface area contributed by atoms with Gasteiger partial charge in [-0.05, 0) is 48.2 Å². The van der Waals surface area contributed by atoms with Crippen molar-refractivity contribution >= 4 is 5.91 Å². The van der Waals surface area contributed by atoms with E-state index >= 15 is 0 Å². The Morgan fingerprint density at radius 3 is 2.28 bits per heavy atom. The average Bonchev–Trinajstić information content (AvgIpc) is 3.24. The third-order valence-electron chi connectivity index (χ3n) is 4.77. The van der Waals surface area contributed by atoms with Crippen molar-refractivity contribution < 1.29 is 18.3 Å². The van der Waals surface area contributed by atoms with E-state index in [0.29, 0.717) is 44.6 Å². The van der Waals surface area contributed by atoms with Gasteiger partial charge in [0.05, 0.1) is 13.2 Å². The normalized spacial score (nSPS) is 11.2. The summed E-state index contributed by atoms with van der Waals surface area (Å²) in [6.07, 6.45) is 1.39. The van der Waals surface area contributed by atoms with E-state index in [1.54, 1.807) is 12.1 Å². The number of nitrogens with one attached hydrogen (secondary N) is 1. The number of carbonyl (C=O) groups excluding carboxylic acids is 1. The number of halogens is 1. The number of oxazole rings is 1. The van der Waals surface area contributed by atoms with E-state index in [-0.39, 0.29) is 17.4 Å². The first-order chi connectivity index (χ1) is 15.4. The van der Waals surface area contributed by atoms with Crippen molar-refractivity contribution in [3.05, 3.63) is 83.3 Å². The highest BCUT2D eigenvalue weighted by Crippen LogP contribution is 2.18. The van der Waals surface area contributed by atoms with Gasteiger partial charge in [-0.3, -0.25) is 9.69 Å². The van der Waals surface area contributed by atoms with Crippen LogP contribution in [0.5, 0.6) is 5.75 Å². The summed E-state index contributed by atoms with van der Waals surface area (Å²) in [6, 6.07) is 14.3. The van der Waals surface area contributed by atoms with Crippen LogP contribution in [0, 0.1) is 11.7 Å². The Kier molecular flexibility index (Phi) is 8.39. The highest BCUT2D eigenvalue weighted by Gasteiger charge is 2.16. The Bertz CT molecular complexity index is 984. The summed E-state index contributed by atoms with van der Waals surface area (Å²) in [4.78, 5) is 18.7. The Labute approximate surface area is 188 Å². The predicted molar refractivity (Wildman–Crippen MR) is 121 cm³/mol. The maximum Gasteiger partial charge on any atom is 0.273 e. The number of hydrogen-bond acceptors (Lipinski definition) is 5. The molecule has 1 N–H and O–H groups in total.